The summed E-state index contributed by atoms with van der Waals surface area (Å²) in [5, 5.41) is 9.23. The van der Waals surface area contributed by atoms with Crippen molar-refractivity contribution in [3.63, 3.8) is 0 Å². The second kappa shape index (κ2) is 5.94. The van der Waals surface area contributed by atoms with Gasteiger partial charge < -0.3 is 5.11 Å². The molecular formula is C18H19NO4S. The Morgan fingerprint density at radius 2 is 1.75 bits per heavy atom. The van der Waals surface area contributed by atoms with Crippen LogP contribution in [0.1, 0.15) is 39.0 Å². The molecular weight excluding hydrogens is 326 g/mol. The SMILES string of the molecule is Cc1cc(C)c(S(=O)(=O)Nc2ccc3c(c2)CCC3)cc1C(=O)O. The van der Waals surface area contributed by atoms with Crippen LogP contribution in [-0.4, -0.2) is 19.5 Å². The molecule has 6 heteroatoms. The van der Waals surface area contributed by atoms with E-state index in [1.54, 1.807) is 26.0 Å². The van der Waals surface area contributed by atoms with E-state index in [1.165, 1.54) is 17.2 Å². The number of sulfonamides is 1. The van der Waals surface area contributed by atoms with Crippen LogP contribution in [0.4, 0.5) is 5.69 Å². The number of aromatic carboxylic acids is 1. The lowest BCUT2D eigenvalue weighted by Crippen LogP contribution is -2.16. The summed E-state index contributed by atoms with van der Waals surface area (Å²) in [6.45, 7) is 3.32. The predicted molar refractivity (Wildman–Crippen MR) is 92.2 cm³/mol. The standard InChI is InChI=1S/C18H19NO4S/c1-11-8-12(2)17(10-16(11)18(20)21)24(22,23)19-15-7-6-13-4-3-5-14(13)9-15/h6-10,19H,3-5H2,1-2H3,(H,20,21). The van der Waals surface area contributed by atoms with Crippen molar-refractivity contribution in [1.82, 2.24) is 0 Å². The zero-order valence-corrected chi connectivity index (χ0v) is 14.4. The number of anilines is 1. The van der Waals surface area contributed by atoms with Gasteiger partial charge >= 0.3 is 5.97 Å². The Bertz CT molecular complexity index is 932. The molecule has 24 heavy (non-hydrogen) atoms. The molecule has 0 unspecified atom stereocenters. The first-order chi connectivity index (χ1) is 11.3. The minimum Gasteiger partial charge on any atom is -0.478 e. The average molecular weight is 345 g/mol. The fourth-order valence-corrected chi connectivity index (χ4v) is 4.50. The van der Waals surface area contributed by atoms with Crippen LogP contribution in [-0.2, 0) is 22.9 Å². The monoisotopic (exact) mass is 345 g/mol. The highest BCUT2D eigenvalue weighted by Gasteiger charge is 2.21. The number of carboxylic acid groups (broad SMARTS) is 1. The van der Waals surface area contributed by atoms with E-state index in [0.717, 1.165) is 19.3 Å². The molecule has 0 aromatic heterocycles. The first-order valence-corrected chi connectivity index (χ1v) is 9.25. The van der Waals surface area contributed by atoms with Gasteiger partial charge in [-0.15, -0.1) is 0 Å². The molecule has 0 aliphatic heterocycles. The van der Waals surface area contributed by atoms with Crippen LogP contribution in [0.5, 0.6) is 0 Å². The number of nitrogens with one attached hydrogen (secondary N) is 1. The van der Waals surface area contributed by atoms with Gasteiger partial charge in [-0.3, -0.25) is 4.72 Å². The molecule has 2 aromatic carbocycles. The summed E-state index contributed by atoms with van der Waals surface area (Å²) in [6.07, 6.45) is 3.07. The molecule has 5 nitrogen and oxygen atoms in total. The fraction of sp³-hybridized carbons (Fsp3) is 0.278. The zero-order valence-electron chi connectivity index (χ0n) is 13.6. The molecule has 0 radical (unpaired) electrons. The van der Waals surface area contributed by atoms with Gasteiger partial charge in [-0.05, 0) is 73.6 Å². The molecule has 0 spiro atoms. The molecule has 1 aliphatic rings. The zero-order chi connectivity index (χ0) is 17.5. The normalized spacial score (nSPS) is 13.6. The van der Waals surface area contributed by atoms with Crippen molar-refractivity contribution in [3.8, 4) is 0 Å². The largest absolute Gasteiger partial charge is 0.478 e. The van der Waals surface area contributed by atoms with Crippen LogP contribution >= 0.6 is 0 Å². The minimum absolute atomic E-state index is 0.00470. The van der Waals surface area contributed by atoms with Crippen LogP contribution in [0.25, 0.3) is 0 Å². The molecule has 0 bridgehead atoms. The van der Waals surface area contributed by atoms with Gasteiger partial charge in [-0.2, -0.15) is 0 Å². The maximum absolute atomic E-state index is 12.7. The second-order valence-electron chi connectivity index (χ2n) is 6.18. The van der Waals surface area contributed by atoms with Crippen LogP contribution < -0.4 is 4.72 Å². The van der Waals surface area contributed by atoms with E-state index in [4.69, 9.17) is 0 Å². The summed E-state index contributed by atoms with van der Waals surface area (Å²) in [7, 11) is -3.85. The Labute approximate surface area is 141 Å². The molecule has 0 heterocycles. The van der Waals surface area contributed by atoms with Gasteiger partial charge in [-0.25, -0.2) is 13.2 Å². The van der Waals surface area contributed by atoms with Gasteiger partial charge in [0.05, 0.1) is 10.5 Å². The van der Waals surface area contributed by atoms with Gasteiger partial charge in [0.25, 0.3) is 10.0 Å². The predicted octanol–water partition coefficient (Wildman–Crippen LogP) is 3.29. The number of hydrogen-bond donors (Lipinski definition) is 2. The Kier molecular flexibility index (Phi) is 4.09. The number of carboxylic acids is 1. The van der Waals surface area contributed by atoms with Crippen molar-refractivity contribution in [2.75, 3.05) is 4.72 Å². The van der Waals surface area contributed by atoms with Crippen LogP contribution in [0.15, 0.2) is 35.2 Å². The third-order valence-electron chi connectivity index (χ3n) is 4.39. The Morgan fingerprint density at radius 1 is 1.04 bits per heavy atom. The molecule has 2 aromatic rings. The average Bonchev–Trinajstić information content (AvgIpc) is 2.93. The molecule has 0 amide bonds. The Morgan fingerprint density at radius 3 is 2.46 bits per heavy atom. The third-order valence-corrected chi connectivity index (χ3v) is 5.92. The smallest absolute Gasteiger partial charge is 0.335 e. The van der Waals surface area contributed by atoms with Gasteiger partial charge in [0, 0.05) is 5.69 Å². The van der Waals surface area contributed by atoms with Crippen molar-refractivity contribution in [3.05, 3.63) is 58.1 Å². The maximum atomic E-state index is 12.7. The summed E-state index contributed by atoms with van der Waals surface area (Å²) >= 11 is 0. The van der Waals surface area contributed by atoms with Crippen molar-refractivity contribution in [2.45, 2.75) is 38.0 Å². The third kappa shape index (κ3) is 3.01. The Balaban J connectivity index is 1.99. The molecule has 0 saturated heterocycles. The first-order valence-electron chi connectivity index (χ1n) is 7.77. The summed E-state index contributed by atoms with van der Waals surface area (Å²) < 4.78 is 28.0. The van der Waals surface area contributed by atoms with E-state index in [0.29, 0.717) is 16.8 Å². The number of aryl methyl sites for hydroxylation is 4. The van der Waals surface area contributed by atoms with E-state index in [2.05, 4.69) is 4.72 Å². The number of hydrogen-bond acceptors (Lipinski definition) is 3. The molecule has 0 atom stereocenters. The molecule has 2 N–H and O–H groups in total. The van der Waals surface area contributed by atoms with Crippen molar-refractivity contribution in [2.24, 2.45) is 0 Å². The van der Waals surface area contributed by atoms with Crippen molar-refractivity contribution in [1.29, 1.82) is 0 Å². The van der Waals surface area contributed by atoms with Crippen molar-refractivity contribution >= 4 is 21.7 Å². The number of carbonyl (C=O) groups is 1. The molecule has 126 valence electrons. The maximum Gasteiger partial charge on any atom is 0.335 e. The van der Waals surface area contributed by atoms with Crippen LogP contribution in [0.3, 0.4) is 0 Å². The topological polar surface area (TPSA) is 83.5 Å². The summed E-state index contributed by atoms with van der Waals surface area (Å²) in [4.78, 5) is 11.3. The molecule has 3 rings (SSSR count). The van der Waals surface area contributed by atoms with Gasteiger partial charge in [0.2, 0.25) is 0 Å². The highest BCUT2D eigenvalue weighted by atomic mass is 32.2. The summed E-state index contributed by atoms with van der Waals surface area (Å²) in [5.74, 6) is -1.14. The summed E-state index contributed by atoms with van der Waals surface area (Å²) in [6, 6.07) is 8.37. The quantitative estimate of drug-likeness (QED) is 0.890. The molecule has 0 fully saturated rings. The number of fused-ring (bicyclic) bond motifs is 1. The van der Waals surface area contributed by atoms with E-state index >= 15 is 0 Å². The highest BCUT2D eigenvalue weighted by Crippen LogP contribution is 2.27. The van der Waals surface area contributed by atoms with E-state index in [9.17, 15) is 18.3 Å². The first kappa shape index (κ1) is 16.5. The van der Waals surface area contributed by atoms with E-state index in [-0.39, 0.29) is 10.5 Å². The lowest BCUT2D eigenvalue weighted by molar-refractivity contribution is 0.0696. The van der Waals surface area contributed by atoms with Crippen molar-refractivity contribution < 1.29 is 18.3 Å². The lowest BCUT2D eigenvalue weighted by atomic mass is 10.1. The van der Waals surface area contributed by atoms with Gasteiger partial charge in [0.15, 0.2) is 0 Å². The number of rotatable bonds is 4. The van der Waals surface area contributed by atoms with E-state index < -0.39 is 16.0 Å². The van der Waals surface area contributed by atoms with E-state index in [1.807, 2.05) is 12.1 Å². The number of benzene rings is 2. The molecule has 1 aliphatic carbocycles. The summed E-state index contributed by atoms with van der Waals surface area (Å²) in [5.41, 5.74) is 3.99. The molecule has 0 saturated carbocycles. The highest BCUT2D eigenvalue weighted by molar-refractivity contribution is 7.92. The fourth-order valence-electron chi connectivity index (χ4n) is 3.20. The lowest BCUT2D eigenvalue weighted by Gasteiger charge is -2.13. The second-order valence-corrected chi connectivity index (χ2v) is 7.83. The van der Waals surface area contributed by atoms with Gasteiger partial charge in [0.1, 0.15) is 0 Å². The minimum atomic E-state index is -3.85. The Hall–Kier alpha value is -2.34. The van der Waals surface area contributed by atoms with Crippen LogP contribution in [0.2, 0.25) is 0 Å². The van der Waals surface area contributed by atoms with Crippen LogP contribution in [0, 0.1) is 13.8 Å². The van der Waals surface area contributed by atoms with Gasteiger partial charge in [-0.1, -0.05) is 12.1 Å².